The zero-order valence-corrected chi connectivity index (χ0v) is 9.63. The second-order valence-electron chi connectivity index (χ2n) is 3.58. The van der Waals surface area contributed by atoms with Gasteiger partial charge in [-0.2, -0.15) is 0 Å². The number of fused-ring (bicyclic) bond motifs is 1. The number of benzene rings is 1. The van der Waals surface area contributed by atoms with Crippen LogP contribution in [0.15, 0.2) is 30.6 Å². The van der Waals surface area contributed by atoms with E-state index in [-0.39, 0.29) is 12.6 Å². The van der Waals surface area contributed by atoms with E-state index in [1.807, 2.05) is 28.8 Å². The molecule has 0 fully saturated rings. The predicted molar refractivity (Wildman–Crippen MR) is 62.6 cm³/mol. The number of rotatable bonds is 5. The minimum absolute atomic E-state index is 0.00925. The van der Waals surface area contributed by atoms with Gasteiger partial charge in [-0.25, -0.2) is 9.78 Å². The molecule has 0 bridgehead atoms. The molecule has 5 heteroatoms. The summed E-state index contributed by atoms with van der Waals surface area (Å²) in [7, 11) is 1.46. The van der Waals surface area contributed by atoms with E-state index in [2.05, 4.69) is 9.72 Å². The van der Waals surface area contributed by atoms with Crippen molar-refractivity contribution in [1.82, 2.24) is 9.55 Å². The maximum atomic E-state index is 11.1. The first kappa shape index (κ1) is 11.6. The van der Waals surface area contributed by atoms with Gasteiger partial charge in [-0.15, -0.1) is 0 Å². The van der Waals surface area contributed by atoms with Crippen molar-refractivity contribution in [2.75, 3.05) is 20.3 Å². The van der Waals surface area contributed by atoms with Gasteiger partial charge in [-0.05, 0) is 12.1 Å². The van der Waals surface area contributed by atoms with Gasteiger partial charge in [-0.3, -0.25) is 0 Å². The van der Waals surface area contributed by atoms with E-state index in [0.29, 0.717) is 13.2 Å². The van der Waals surface area contributed by atoms with E-state index in [1.165, 1.54) is 7.11 Å². The summed E-state index contributed by atoms with van der Waals surface area (Å²) < 4.78 is 11.6. The Balaban J connectivity index is 1.93. The summed E-state index contributed by atoms with van der Waals surface area (Å²) in [5, 5.41) is 0. The van der Waals surface area contributed by atoms with Crippen LogP contribution in [0, 0.1) is 0 Å². The van der Waals surface area contributed by atoms with Crippen LogP contribution in [-0.4, -0.2) is 35.8 Å². The van der Waals surface area contributed by atoms with E-state index >= 15 is 0 Å². The molecular formula is C12H14N2O3. The molecule has 0 aliphatic heterocycles. The quantitative estimate of drug-likeness (QED) is 0.730. The topological polar surface area (TPSA) is 53.4 Å². The normalized spacial score (nSPS) is 10.6. The first-order valence-corrected chi connectivity index (χ1v) is 5.35. The van der Waals surface area contributed by atoms with Crippen LogP contribution in [0.4, 0.5) is 0 Å². The van der Waals surface area contributed by atoms with Crippen molar-refractivity contribution in [2.45, 2.75) is 6.54 Å². The maximum Gasteiger partial charge on any atom is 0.332 e. The average molecular weight is 234 g/mol. The number of ether oxygens (including phenoxy) is 2. The SMILES string of the molecule is COCC(=O)OCCn1cnc2ccccc21. The highest BCUT2D eigenvalue weighted by molar-refractivity contribution is 5.75. The van der Waals surface area contributed by atoms with Crippen LogP contribution in [-0.2, 0) is 20.8 Å². The molecule has 1 aromatic carbocycles. The van der Waals surface area contributed by atoms with Crippen molar-refractivity contribution in [2.24, 2.45) is 0 Å². The monoisotopic (exact) mass is 234 g/mol. The fourth-order valence-corrected chi connectivity index (χ4v) is 1.61. The number of hydrogen-bond acceptors (Lipinski definition) is 4. The summed E-state index contributed by atoms with van der Waals surface area (Å²) in [5.74, 6) is -0.350. The Morgan fingerprint density at radius 3 is 3.06 bits per heavy atom. The van der Waals surface area contributed by atoms with Gasteiger partial charge in [0.2, 0.25) is 0 Å². The van der Waals surface area contributed by atoms with Gasteiger partial charge in [0, 0.05) is 7.11 Å². The number of aromatic nitrogens is 2. The Morgan fingerprint density at radius 1 is 1.41 bits per heavy atom. The van der Waals surface area contributed by atoms with Crippen LogP contribution >= 0.6 is 0 Å². The molecule has 17 heavy (non-hydrogen) atoms. The van der Waals surface area contributed by atoms with Gasteiger partial charge in [0.15, 0.2) is 0 Å². The molecule has 0 spiro atoms. The van der Waals surface area contributed by atoms with E-state index < -0.39 is 0 Å². The van der Waals surface area contributed by atoms with Crippen molar-refractivity contribution < 1.29 is 14.3 Å². The van der Waals surface area contributed by atoms with Crippen LogP contribution in [0.25, 0.3) is 11.0 Å². The summed E-state index contributed by atoms with van der Waals surface area (Å²) in [5.41, 5.74) is 1.98. The van der Waals surface area contributed by atoms with Gasteiger partial charge in [-0.1, -0.05) is 12.1 Å². The predicted octanol–water partition coefficient (Wildman–Crippen LogP) is 1.23. The molecule has 1 aromatic heterocycles. The molecule has 0 radical (unpaired) electrons. The Hall–Kier alpha value is -1.88. The fourth-order valence-electron chi connectivity index (χ4n) is 1.61. The lowest BCUT2D eigenvalue weighted by Crippen LogP contribution is -2.14. The van der Waals surface area contributed by atoms with Crippen molar-refractivity contribution in [3.63, 3.8) is 0 Å². The van der Waals surface area contributed by atoms with Crippen LogP contribution in [0.5, 0.6) is 0 Å². The summed E-state index contributed by atoms with van der Waals surface area (Å²) >= 11 is 0. The van der Waals surface area contributed by atoms with Crippen molar-refractivity contribution in [3.8, 4) is 0 Å². The number of esters is 1. The third-order valence-electron chi connectivity index (χ3n) is 2.38. The summed E-state index contributed by atoms with van der Waals surface area (Å²) in [4.78, 5) is 15.3. The second kappa shape index (κ2) is 5.45. The molecule has 0 saturated heterocycles. The minimum Gasteiger partial charge on any atom is -0.462 e. The number of methoxy groups -OCH3 is 1. The third-order valence-corrected chi connectivity index (χ3v) is 2.38. The van der Waals surface area contributed by atoms with Crippen molar-refractivity contribution >= 4 is 17.0 Å². The lowest BCUT2D eigenvalue weighted by atomic mass is 10.3. The maximum absolute atomic E-state index is 11.1. The van der Waals surface area contributed by atoms with Gasteiger partial charge in [0.25, 0.3) is 0 Å². The number of para-hydroxylation sites is 2. The third kappa shape index (κ3) is 2.82. The Labute approximate surface area is 99.0 Å². The first-order chi connectivity index (χ1) is 8.31. The number of imidazole rings is 1. The van der Waals surface area contributed by atoms with Gasteiger partial charge < -0.3 is 14.0 Å². The van der Waals surface area contributed by atoms with Crippen LogP contribution in [0.1, 0.15) is 0 Å². The Kier molecular flexibility index (Phi) is 3.72. The van der Waals surface area contributed by atoms with Crippen LogP contribution in [0.2, 0.25) is 0 Å². The average Bonchev–Trinajstić information content (AvgIpc) is 2.73. The van der Waals surface area contributed by atoms with Crippen LogP contribution in [0.3, 0.4) is 0 Å². The molecule has 0 amide bonds. The van der Waals surface area contributed by atoms with E-state index in [4.69, 9.17) is 4.74 Å². The molecule has 0 N–H and O–H groups in total. The minimum atomic E-state index is -0.350. The van der Waals surface area contributed by atoms with Crippen molar-refractivity contribution in [1.29, 1.82) is 0 Å². The molecule has 0 unspecified atom stereocenters. The summed E-state index contributed by atoms with van der Waals surface area (Å²) in [6.45, 7) is 0.906. The smallest absolute Gasteiger partial charge is 0.332 e. The first-order valence-electron chi connectivity index (χ1n) is 5.35. The second-order valence-corrected chi connectivity index (χ2v) is 3.58. The molecule has 1 heterocycles. The summed E-state index contributed by atoms with van der Waals surface area (Å²) in [6, 6.07) is 7.83. The highest BCUT2D eigenvalue weighted by atomic mass is 16.6. The standard InChI is InChI=1S/C12H14N2O3/c1-16-8-12(15)17-7-6-14-9-13-10-4-2-3-5-11(10)14/h2-5,9H,6-8H2,1H3. The molecule has 5 nitrogen and oxygen atoms in total. The molecule has 90 valence electrons. The molecule has 0 aliphatic carbocycles. The Bertz CT molecular complexity index is 507. The van der Waals surface area contributed by atoms with Crippen LogP contribution < -0.4 is 0 Å². The highest BCUT2D eigenvalue weighted by Gasteiger charge is 2.03. The fraction of sp³-hybridized carbons (Fsp3) is 0.333. The number of carbonyl (C=O) groups is 1. The zero-order chi connectivity index (χ0) is 12.1. The molecule has 0 aliphatic rings. The van der Waals surface area contributed by atoms with Gasteiger partial charge in [0.1, 0.15) is 13.2 Å². The van der Waals surface area contributed by atoms with Gasteiger partial charge in [0.05, 0.1) is 23.9 Å². The summed E-state index contributed by atoms with van der Waals surface area (Å²) in [6.07, 6.45) is 1.74. The largest absolute Gasteiger partial charge is 0.462 e. The number of nitrogens with zero attached hydrogens (tertiary/aromatic N) is 2. The van der Waals surface area contributed by atoms with Crippen molar-refractivity contribution in [3.05, 3.63) is 30.6 Å². The molecule has 0 saturated carbocycles. The van der Waals surface area contributed by atoms with Gasteiger partial charge >= 0.3 is 5.97 Å². The molecule has 0 atom stereocenters. The van der Waals surface area contributed by atoms with E-state index in [1.54, 1.807) is 6.33 Å². The lowest BCUT2D eigenvalue weighted by Gasteiger charge is -2.05. The molecular weight excluding hydrogens is 220 g/mol. The van der Waals surface area contributed by atoms with E-state index in [9.17, 15) is 4.79 Å². The highest BCUT2D eigenvalue weighted by Crippen LogP contribution is 2.11. The number of carbonyl (C=O) groups excluding carboxylic acids is 1. The zero-order valence-electron chi connectivity index (χ0n) is 9.63. The molecule has 2 aromatic rings. The lowest BCUT2D eigenvalue weighted by molar-refractivity contribution is -0.148. The Morgan fingerprint density at radius 2 is 2.24 bits per heavy atom. The molecule has 2 rings (SSSR count). The number of hydrogen-bond donors (Lipinski definition) is 0. The van der Waals surface area contributed by atoms with E-state index in [0.717, 1.165) is 11.0 Å².